The number of nitrogens with zero attached hydrogens (tertiary/aromatic N) is 1. The summed E-state index contributed by atoms with van der Waals surface area (Å²) in [6, 6.07) is 4.94. The number of benzene rings is 1. The van der Waals surface area contributed by atoms with E-state index in [2.05, 4.69) is 10.3 Å². The first-order valence-corrected chi connectivity index (χ1v) is 5.34. The summed E-state index contributed by atoms with van der Waals surface area (Å²) < 4.78 is 13.1. The van der Waals surface area contributed by atoms with Crippen molar-refractivity contribution in [3.8, 4) is 5.75 Å². The Hall–Kier alpha value is -2.14. The van der Waals surface area contributed by atoms with Crippen LogP contribution in [0.1, 0.15) is 10.4 Å². The number of pyridine rings is 1. The van der Waals surface area contributed by atoms with Gasteiger partial charge in [0.2, 0.25) is 0 Å². The van der Waals surface area contributed by atoms with Gasteiger partial charge in [-0.25, -0.2) is 4.39 Å². The van der Waals surface area contributed by atoms with Crippen molar-refractivity contribution in [2.75, 3.05) is 5.32 Å². The van der Waals surface area contributed by atoms with Crippen molar-refractivity contribution in [1.82, 2.24) is 4.98 Å². The third-order valence-corrected chi connectivity index (χ3v) is 2.32. The number of amides is 1. The smallest absolute Gasteiger partial charge is 0.257 e. The zero-order valence-electron chi connectivity index (χ0n) is 9.02. The second kappa shape index (κ2) is 5.01. The van der Waals surface area contributed by atoms with E-state index in [1.807, 2.05) is 0 Å². The molecule has 1 aromatic carbocycles. The molecule has 1 heterocycles. The lowest BCUT2D eigenvalue weighted by molar-refractivity contribution is 0.102. The van der Waals surface area contributed by atoms with Crippen molar-refractivity contribution in [2.24, 2.45) is 0 Å². The quantitative estimate of drug-likeness (QED) is 0.879. The van der Waals surface area contributed by atoms with Gasteiger partial charge in [-0.3, -0.25) is 9.78 Å². The average Bonchev–Trinajstić information content (AvgIpc) is 2.27. The molecule has 2 N–H and O–H groups in total. The molecular weight excluding hydrogens is 259 g/mol. The summed E-state index contributed by atoms with van der Waals surface area (Å²) in [6.07, 6.45) is 2.49. The number of nitrogens with one attached hydrogen (secondary N) is 1. The summed E-state index contributed by atoms with van der Waals surface area (Å²) >= 11 is 5.66. The predicted octanol–water partition coefficient (Wildman–Crippen LogP) is 2.83. The minimum absolute atomic E-state index is 0.125. The molecule has 0 aliphatic carbocycles. The van der Waals surface area contributed by atoms with E-state index in [9.17, 15) is 14.3 Å². The molecule has 18 heavy (non-hydrogen) atoms. The fraction of sp³-hybridized carbons (Fsp3) is 0. The van der Waals surface area contributed by atoms with Gasteiger partial charge in [0, 0.05) is 16.9 Å². The van der Waals surface area contributed by atoms with Crippen LogP contribution >= 0.6 is 11.6 Å². The Morgan fingerprint density at radius 3 is 2.72 bits per heavy atom. The van der Waals surface area contributed by atoms with Gasteiger partial charge in [-0.15, -0.1) is 0 Å². The molecule has 1 aromatic heterocycles. The van der Waals surface area contributed by atoms with E-state index in [1.165, 1.54) is 24.5 Å². The van der Waals surface area contributed by atoms with Crippen molar-refractivity contribution in [3.05, 3.63) is 53.1 Å². The third-order valence-electron chi connectivity index (χ3n) is 2.11. The van der Waals surface area contributed by atoms with E-state index in [0.29, 0.717) is 0 Å². The van der Waals surface area contributed by atoms with Gasteiger partial charge < -0.3 is 10.4 Å². The Labute approximate surface area is 107 Å². The van der Waals surface area contributed by atoms with Gasteiger partial charge in [0.15, 0.2) is 0 Å². The van der Waals surface area contributed by atoms with E-state index < -0.39 is 11.7 Å². The Kier molecular flexibility index (Phi) is 3.43. The van der Waals surface area contributed by atoms with Gasteiger partial charge in [-0.1, -0.05) is 11.6 Å². The monoisotopic (exact) mass is 266 g/mol. The minimum atomic E-state index is -0.549. The van der Waals surface area contributed by atoms with E-state index in [1.54, 1.807) is 0 Å². The second-order valence-corrected chi connectivity index (χ2v) is 3.98. The maximum atomic E-state index is 13.1. The van der Waals surface area contributed by atoms with E-state index in [-0.39, 0.29) is 22.0 Å². The summed E-state index contributed by atoms with van der Waals surface area (Å²) in [5.74, 6) is -1.19. The topological polar surface area (TPSA) is 62.2 Å². The first-order chi connectivity index (χ1) is 8.54. The van der Waals surface area contributed by atoms with Gasteiger partial charge in [0.05, 0.1) is 11.8 Å². The second-order valence-electron chi connectivity index (χ2n) is 3.54. The Balaban J connectivity index is 2.21. The van der Waals surface area contributed by atoms with Crippen molar-refractivity contribution in [2.45, 2.75) is 0 Å². The molecule has 2 aromatic rings. The van der Waals surface area contributed by atoms with Gasteiger partial charge in [0.25, 0.3) is 5.91 Å². The molecule has 92 valence electrons. The lowest BCUT2D eigenvalue weighted by Crippen LogP contribution is -2.12. The Morgan fingerprint density at radius 1 is 1.28 bits per heavy atom. The van der Waals surface area contributed by atoms with Gasteiger partial charge in [-0.05, 0) is 24.3 Å². The lowest BCUT2D eigenvalue weighted by atomic mass is 10.2. The zero-order chi connectivity index (χ0) is 13.1. The van der Waals surface area contributed by atoms with Crippen LogP contribution in [-0.4, -0.2) is 16.0 Å². The molecule has 0 saturated heterocycles. The van der Waals surface area contributed by atoms with Crippen molar-refractivity contribution in [1.29, 1.82) is 0 Å². The van der Waals surface area contributed by atoms with Crippen molar-refractivity contribution in [3.63, 3.8) is 0 Å². The summed E-state index contributed by atoms with van der Waals surface area (Å²) in [7, 11) is 0. The molecular formula is C12H8ClFN2O2. The molecule has 0 radical (unpaired) electrons. The normalized spacial score (nSPS) is 10.1. The van der Waals surface area contributed by atoms with Crippen LogP contribution in [0.15, 0.2) is 36.7 Å². The number of carbonyl (C=O) groups is 1. The van der Waals surface area contributed by atoms with E-state index in [4.69, 9.17) is 11.6 Å². The van der Waals surface area contributed by atoms with Crippen molar-refractivity contribution >= 4 is 23.2 Å². The van der Waals surface area contributed by atoms with Crippen LogP contribution in [0.2, 0.25) is 5.02 Å². The lowest BCUT2D eigenvalue weighted by Gasteiger charge is -2.06. The number of rotatable bonds is 2. The highest BCUT2D eigenvalue weighted by molar-refractivity contribution is 6.31. The molecule has 0 spiro atoms. The van der Waals surface area contributed by atoms with E-state index >= 15 is 0 Å². The van der Waals surface area contributed by atoms with Crippen LogP contribution in [0.4, 0.5) is 10.1 Å². The molecule has 2 rings (SSSR count). The highest BCUT2D eigenvalue weighted by Gasteiger charge is 2.08. The number of aromatic hydroxyl groups is 1. The summed E-state index contributed by atoms with van der Waals surface area (Å²) in [5, 5.41) is 11.8. The number of aromatic nitrogens is 1. The molecule has 0 aliphatic heterocycles. The molecule has 0 saturated carbocycles. The summed E-state index contributed by atoms with van der Waals surface area (Å²) in [4.78, 5) is 15.4. The van der Waals surface area contributed by atoms with Crippen LogP contribution in [0.5, 0.6) is 5.75 Å². The molecule has 6 heteroatoms. The standard InChI is InChI=1S/C12H8ClFN2O2/c13-8-2-9(14)4-10(3-8)16-12(18)7-1-11(17)6-15-5-7/h1-6,17H,(H,16,18). The van der Waals surface area contributed by atoms with Gasteiger partial charge in [-0.2, -0.15) is 0 Å². The predicted molar refractivity (Wildman–Crippen MR) is 65.3 cm³/mol. The first kappa shape index (κ1) is 12.3. The summed E-state index contributed by atoms with van der Waals surface area (Å²) in [6.45, 7) is 0. The van der Waals surface area contributed by atoms with Crippen LogP contribution < -0.4 is 5.32 Å². The van der Waals surface area contributed by atoms with Gasteiger partial charge >= 0.3 is 0 Å². The Morgan fingerprint density at radius 2 is 2.06 bits per heavy atom. The van der Waals surface area contributed by atoms with Crippen molar-refractivity contribution < 1.29 is 14.3 Å². The van der Waals surface area contributed by atoms with Crippen LogP contribution in [0, 0.1) is 5.82 Å². The third kappa shape index (κ3) is 2.95. The highest BCUT2D eigenvalue weighted by atomic mass is 35.5. The number of hydrogen-bond acceptors (Lipinski definition) is 3. The maximum Gasteiger partial charge on any atom is 0.257 e. The number of carbonyl (C=O) groups excluding carboxylic acids is 1. The van der Waals surface area contributed by atoms with E-state index in [0.717, 1.165) is 12.1 Å². The fourth-order valence-corrected chi connectivity index (χ4v) is 1.60. The molecule has 1 amide bonds. The van der Waals surface area contributed by atoms with Crippen LogP contribution in [0.3, 0.4) is 0 Å². The fourth-order valence-electron chi connectivity index (χ4n) is 1.38. The summed E-state index contributed by atoms with van der Waals surface area (Å²) in [5.41, 5.74) is 0.392. The number of halogens is 2. The van der Waals surface area contributed by atoms with Gasteiger partial charge in [0.1, 0.15) is 11.6 Å². The largest absolute Gasteiger partial charge is 0.506 e. The minimum Gasteiger partial charge on any atom is -0.506 e. The molecule has 0 unspecified atom stereocenters. The maximum absolute atomic E-state index is 13.1. The zero-order valence-corrected chi connectivity index (χ0v) is 9.78. The molecule has 0 fully saturated rings. The van der Waals surface area contributed by atoms with Crippen LogP contribution in [0.25, 0.3) is 0 Å². The average molecular weight is 267 g/mol. The highest BCUT2D eigenvalue weighted by Crippen LogP contribution is 2.19. The molecule has 0 bridgehead atoms. The molecule has 4 nitrogen and oxygen atoms in total. The molecule has 0 aliphatic rings. The number of anilines is 1. The molecule has 0 atom stereocenters. The number of hydrogen-bond donors (Lipinski definition) is 2. The van der Waals surface area contributed by atoms with Crippen LogP contribution in [-0.2, 0) is 0 Å². The SMILES string of the molecule is O=C(Nc1cc(F)cc(Cl)c1)c1cncc(O)c1. The first-order valence-electron chi connectivity index (χ1n) is 4.96. The Bertz CT molecular complexity index is 584.